The molecule has 0 aliphatic carbocycles. The molecule has 0 saturated carbocycles. The van der Waals surface area contributed by atoms with Gasteiger partial charge in [0.15, 0.2) is 0 Å². The van der Waals surface area contributed by atoms with Gasteiger partial charge in [0, 0.05) is 37.6 Å². The number of carbonyl (C=O) groups is 1. The summed E-state index contributed by atoms with van der Waals surface area (Å²) in [5.74, 6) is -0.143. The van der Waals surface area contributed by atoms with Crippen LogP contribution < -0.4 is 5.32 Å². The zero-order valence-electron chi connectivity index (χ0n) is 14.4. The highest BCUT2D eigenvalue weighted by Crippen LogP contribution is 2.38. The lowest BCUT2D eigenvalue weighted by molar-refractivity contribution is -0.143. The van der Waals surface area contributed by atoms with Crippen molar-refractivity contribution in [1.29, 1.82) is 0 Å². The Bertz CT molecular complexity index is 846. The van der Waals surface area contributed by atoms with Gasteiger partial charge in [-0.25, -0.2) is 0 Å². The van der Waals surface area contributed by atoms with Gasteiger partial charge in [0.05, 0.1) is 17.7 Å². The van der Waals surface area contributed by atoms with E-state index in [2.05, 4.69) is 10.3 Å². The van der Waals surface area contributed by atoms with E-state index in [0.717, 1.165) is 0 Å². The van der Waals surface area contributed by atoms with Crippen molar-refractivity contribution < 1.29 is 31.1 Å². The number of alkyl halides is 6. The third-order valence-corrected chi connectivity index (χ3v) is 4.28. The number of pyridine rings is 1. The molecule has 1 N–H and O–H groups in total. The van der Waals surface area contributed by atoms with Crippen molar-refractivity contribution in [1.82, 2.24) is 15.2 Å². The Morgan fingerprint density at radius 1 is 0.929 bits per heavy atom. The van der Waals surface area contributed by atoms with Crippen molar-refractivity contribution >= 4 is 5.91 Å². The molecule has 2 heterocycles. The molecule has 3 rings (SSSR count). The van der Waals surface area contributed by atoms with Crippen LogP contribution in [0.3, 0.4) is 0 Å². The Morgan fingerprint density at radius 3 is 2.14 bits per heavy atom. The largest absolute Gasteiger partial charge is 0.416 e. The van der Waals surface area contributed by atoms with Crippen molar-refractivity contribution in [2.24, 2.45) is 0 Å². The van der Waals surface area contributed by atoms with E-state index in [4.69, 9.17) is 0 Å². The number of hydrogen-bond donors (Lipinski definition) is 1. The summed E-state index contributed by atoms with van der Waals surface area (Å²) < 4.78 is 78.3. The van der Waals surface area contributed by atoms with Gasteiger partial charge >= 0.3 is 12.4 Å². The van der Waals surface area contributed by atoms with Crippen molar-refractivity contribution in [2.45, 2.75) is 18.9 Å². The van der Waals surface area contributed by atoms with Crippen molar-refractivity contribution in [2.75, 3.05) is 19.6 Å². The van der Waals surface area contributed by atoms with Gasteiger partial charge in [-0.1, -0.05) is 0 Å². The van der Waals surface area contributed by atoms with Gasteiger partial charge < -0.3 is 10.2 Å². The smallest absolute Gasteiger partial charge is 0.336 e. The molecule has 1 aliphatic rings. The SMILES string of the molecule is O=C1CNCCN1Cc1cncc(-c2cc(C(F)(F)F)cc(C(F)(F)F)c2)c1. The van der Waals surface area contributed by atoms with Gasteiger partial charge in [-0.2, -0.15) is 26.3 Å². The van der Waals surface area contributed by atoms with Gasteiger partial charge in [-0.3, -0.25) is 9.78 Å². The monoisotopic (exact) mass is 403 g/mol. The maximum absolute atomic E-state index is 13.1. The zero-order valence-corrected chi connectivity index (χ0v) is 14.4. The molecule has 1 aromatic heterocycles. The molecule has 0 spiro atoms. The van der Waals surface area contributed by atoms with Crippen LogP contribution in [0.2, 0.25) is 0 Å². The van der Waals surface area contributed by atoms with Crippen LogP contribution >= 0.6 is 0 Å². The van der Waals surface area contributed by atoms with E-state index in [1.807, 2.05) is 0 Å². The molecule has 1 amide bonds. The summed E-state index contributed by atoms with van der Waals surface area (Å²) in [5.41, 5.74) is -2.40. The standard InChI is InChI=1S/C18H15F6N3O/c19-17(20,21)14-4-12(5-15(6-14)18(22,23)24)13-3-11(7-26-8-13)10-27-2-1-25-9-16(27)28/h3-8,25H,1-2,9-10H2. The Balaban J connectivity index is 1.97. The lowest BCUT2D eigenvalue weighted by Crippen LogP contribution is -2.47. The maximum atomic E-state index is 13.1. The molecular formula is C18H15F6N3O. The van der Waals surface area contributed by atoms with E-state index in [-0.39, 0.29) is 36.2 Å². The number of carbonyl (C=O) groups excluding carboxylic acids is 1. The molecule has 10 heteroatoms. The number of nitrogens with one attached hydrogen (secondary N) is 1. The summed E-state index contributed by atoms with van der Waals surface area (Å²) in [5, 5.41) is 2.91. The lowest BCUT2D eigenvalue weighted by Gasteiger charge is -2.27. The molecule has 4 nitrogen and oxygen atoms in total. The molecule has 2 aromatic rings. The van der Waals surface area contributed by atoms with Crippen LogP contribution in [0.4, 0.5) is 26.3 Å². The van der Waals surface area contributed by atoms with Crippen LogP contribution in [0.1, 0.15) is 16.7 Å². The second-order valence-corrected chi connectivity index (χ2v) is 6.37. The summed E-state index contributed by atoms with van der Waals surface area (Å²) in [7, 11) is 0. The Labute approximate surface area is 156 Å². The van der Waals surface area contributed by atoms with Gasteiger partial charge in [0.2, 0.25) is 5.91 Å². The number of aromatic nitrogens is 1. The number of hydrogen-bond acceptors (Lipinski definition) is 3. The van der Waals surface area contributed by atoms with E-state index in [1.165, 1.54) is 18.5 Å². The number of piperazine rings is 1. The van der Waals surface area contributed by atoms with Gasteiger partial charge in [-0.15, -0.1) is 0 Å². The van der Waals surface area contributed by atoms with Gasteiger partial charge in [-0.05, 0) is 35.4 Å². The van der Waals surface area contributed by atoms with Crippen LogP contribution in [0.5, 0.6) is 0 Å². The third kappa shape index (κ3) is 4.61. The number of halogens is 6. The van der Waals surface area contributed by atoms with Gasteiger partial charge in [0.25, 0.3) is 0 Å². The maximum Gasteiger partial charge on any atom is 0.416 e. The van der Waals surface area contributed by atoms with E-state index in [0.29, 0.717) is 30.8 Å². The quantitative estimate of drug-likeness (QED) is 0.795. The number of rotatable bonds is 3. The molecule has 1 saturated heterocycles. The molecule has 1 fully saturated rings. The predicted molar refractivity (Wildman–Crippen MR) is 88.0 cm³/mol. The first-order valence-corrected chi connectivity index (χ1v) is 8.26. The average Bonchev–Trinajstić information content (AvgIpc) is 2.62. The van der Waals surface area contributed by atoms with E-state index in [1.54, 1.807) is 4.90 Å². The fourth-order valence-corrected chi connectivity index (χ4v) is 2.89. The summed E-state index contributed by atoms with van der Waals surface area (Å²) >= 11 is 0. The highest BCUT2D eigenvalue weighted by molar-refractivity contribution is 5.79. The van der Waals surface area contributed by atoms with E-state index in [9.17, 15) is 31.1 Å². The fourth-order valence-electron chi connectivity index (χ4n) is 2.89. The van der Waals surface area contributed by atoms with Crippen LogP contribution in [-0.4, -0.2) is 35.4 Å². The van der Waals surface area contributed by atoms with Crippen LogP contribution in [-0.2, 0) is 23.7 Å². The third-order valence-electron chi connectivity index (χ3n) is 4.28. The normalized spacial score (nSPS) is 15.8. The molecule has 150 valence electrons. The first-order chi connectivity index (χ1) is 13.0. The number of nitrogens with zero attached hydrogens (tertiary/aromatic N) is 2. The summed E-state index contributed by atoms with van der Waals surface area (Å²) in [6.45, 7) is 1.40. The molecule has 28 heavy (non-hydrogen) atoms. The summed E-state index contributed by atoms with van der Waals surface area (Å²) in [4.78, 5) is 17.3. The molecule has 1 aliphatic heterocycles. The van der Waals surface area contributed by atoms with Crippen molar-refractivity contribution in [3.8, 4) is 11.1 Å². The Kier molecular flexibility index (Phi) is 5.33. The van der Waals surface area contributed by atoms with Crippen molar-refractivity contribution in [3.05, 3.63) is 53.3 Å². The molecule has 1 aromatic carbocycles. The molecule has 0 atom stereocenters. The first-order valence-electron chi connectivity index (χ1n) is 8.26. The fraction of sp³-hybridized carbons (Fsp3) is 0.333. The molecule has 0 radical (unpaired) electrons. The van der Waals surface area contributed by atoms with Crippen LogP contribution in [0, 0.1) is 0 Å². The first kappa shape index (κ1) is 20.1. The molecule has 0 bridgehead atoms. The summed E-state index contributed by atoms with van der Waals surface area (Å²) in [6.07, 6.45) is -7.22. The highest BCUT2D eigenvalue weighted by atomic mass is 19.4. The number of amides is 1. The minimum absolute atomic E-state index is 0.0835. The van der Waals surface area contributed by atoms with E-state index < -0.39 is 23.5 Å². The average molecular weight is 403 g/mol. The minimum Gasteiger partial charge on any atom is -0.336 e. The Morgan fingerprint density at radius 2 is 1.57 bits per heavy atom. The zero-order chi connectivity index (χ0) is 20.5. The van der Waals surface area contributed by atoms with Crippen molar-refractivity contribution in [3.63, 3.8) is 0 Å². The second kappa shape index (κ2) is 7.42. The van der Waals surface area contributed by atoms with Gasteiger partial charge in [0.1, 0.15) is 0 Å². The second-order valence-electron chi connectivity index (χ2n) is 6.37. The van der Waals surface area contributed by atoms with Crippen LogP contribution in [0.25, 0.3) is 11.1 Å². The Hall–Kier alpha value is -2.62. The highest BCUT2D eigenvalue weighted by Gasteiger charge is 2.37. The lowest BCUT2D eigenvalue weighted by atomic mass is 9.99. The minimum atomic E-state index is -4.92. The summed E-state index contributed by atoms with van der Waals surface area (Å²) in [6, 6.07) is 2.84. The predicted octanol–water partition coefficient (Wildman–Crippen LogP) is 3.72. The molecular weight excluding hydrogens is 388 g/mol. The van der Waals surface area contributed by atoms with E-state index >= 15 is 0 Å². The molecule has 0 unspecified atom stereocenters. The van der Waals surface area contributed by atoms with Crippen LogP contribution in [0.15, 0.2) is 36.7 Å². The number of benzene rings is 1. The topological polar surface area (TPSA) is 45.2 Å².